The molecule has 189 valence electrons. The summed E-state index contributed by atoms with van der Waals surface area (Å²) in [6.45, 7) is 0.940. The summed E-state index contributed by atoms with van der Waals surface area (Å²) in [5.74, 6) is 1.56. The Bertz CT molecular complexity index is 1080. The van der Waals surface area contributed by atoms with Gasteiger partial charge in [-0.15, -0.1) is 24.7 Å². The van der Waals surface area contributed by atoms with Crippen molar-refractivity contribution in [3.8, 4) is 11.5 Å². The molecular formula is C29H28FIrNO2P2-2. The van der Waals surface area contributed by atoms with Crippen molar-refractivity contribution in [1.82, 2.24) is 0 Å². The van der Waals surface area contributed by atoms with E-state index in [1.54, 1.807) is 6.07 Å². The second-order valence-corrected chi connectivity index (χ2v) is 9.85. The fourth-order valence-corrected chi connectivity index (χ4v) is 5.28. The first kappa shape index (κ1) is 28.5. The minimum atomic E-state index is -0.223. The van der Waals surface area contributed by atoms with Crippen LogP contribution in [0.1, 0.15) is 30.9 Å². The topological polar surface area (TPSA) is 32.6 Å². The molecule has 7 heteroatoms. The molecule has 5 rings (SSSR count). The van der Waals surface area contributed by atoms with Crippen LogP contribution in [0.5, 0.6) is 11.5 Å². The number of halogens is 1. The van der Waals surface area contributed by atoms with Crippen molar-refractivity contribution >= 4 is 28.2 Å². The molecular weight excluding hydrogens is 667 g/mol. The Morgan fingerprint density at radius 3 is 1.75 bits per heavy atom. The molecule has 0 bridgehead atoms. The molecule has 0 aromatic heterocycles. The molecule has 1 heterocycles. The largest absolute Gasteiger partial charge is 0.657 e. The van der Waals surface area contributed by atoms with Gasteiger partial charge in [-0.2, -0.15) is 17.7 Å². The van der Waals surface area contributed by atoms with Gasteiger partial charge in [0.05, 0.1) is 0 Å². The number of nitrogens with zero attached hydrogens (tertiary/aromatic N) is 1. The fraction of sp³-hybridized carbons (Fsp3) is 0.172. The molecule has 3 atom stereocenters. The van der Waals surface area contributed by atoms with Gasteiger partial charge in [-0.25, -0.2) is 0 Å². The van der Waals surface area contributed by atoms with Gasteiger partial charge >= 0.3 is 0 Å². The van der Waals surface area contributed by atoms with E-state index in [-0.39, 0.29) is 49.6 Å². The molecule has 3 unspecified atom stereocenters. The molecule has 1 saturated heterocycles. The molecule has 1 aliphatic rings. The van der Waals surface area contributed by atoms with E-state index in [4.69, 9.17) is 9.05 Å². The van der Waals surface area contributed by atoms with Gasteiger partial charge in [-0.3, -0.25) is 4.39 Å². The molecule has 4 aromatic rings. The first-order chi connectivity index (χ1) is 17.3. The molecule has 1 fully saturated rings. The number of hydrogen-bond donors (Lipinski definition) is 0. The Hall–Kier alpha value is -2.12. The van der Waals surface area contributed by atoms with Crippen molar-refractivity contribution in [3.63, 3.8) is 0 Å². The predicted molar refractivity (Wildman–Crippen MR) is 147 cm³/mol. The van der Waals surface area contributed by atoms with Crippen LogP contribution in [0.3, 0.4) is 0 Å². The normalized spacial score (nSPS) is 15.2. The van der Waals surface area contributed by atoms with Crippen LogP contribution in [0.25, 0.3) is 5.32 Å². The molecule has 0 spiro atoms. The van der Waals surface area contributed by atoms with Gasteiger partial charge in [-0.05, 0) is 24.3 Å². The molecule has 0 N–H and O–H groups in total. The van der Waals surface area contributed by atoms with Crippen LogP contribution >= 0.6 is 17.6 Å². The van der Waals surface area contributed by atoms with Crippen LogP contribution in [0.15, 0.2) is 103 Å². The number of piperidine rings is 1. The van der Waals surface area contributed by atoms with E-state index >= 15 is 0 Å². The van der Waals surface area contributed by atoms with Crippen molar-refractivity contribution in [2.24, 2.45) is 0 Å². The van der Waals surface area contributed by atoms with Crippen molar-refractivity contribution in [2.75, 3.05) is 6.54 Å². The van der Waals surface area contributed by atoms with Crippen LogP contribution in [0.4, 0.5) is 4.39 Å². The van der Waals surface area contributed by atoms with Crippen LogP contribution in [-0.4, -0.2) is 6.54 Å². The summed E-state index contributed by atoms with van der Waals surface area (Å²) in [7, 11) is 0.550. The van der Waals surface area contributed by atoms with Crippen molar-refractivity contribution in [2.45, 2.75) is 25.3 Å². The quantitative estimate of drug-likeness (QED) is 0.148. The zero-order valence-electron chi connectivity index (χ0n) is 19.7. The maximum atomic E-state index is 12.6. The second-order valence-electron chi connectivity index (χ2n) is 7.96. The second kappa shape index (κ2) is 15.9. The van der Waals surface area contributed by atoms with E-state index in [0.717, 1.165) is 30.0 Å². The summed E-state index contributed by atoms with van der Waals surface area (Å²) in [4.78, 5) is 0. The van der Waals surface area contributed by atoms with E-state index in [2.05, 4.69) is 23.5 Å². The van der Waals surface area contributed by atoms with Crippen molar-refractivity contribution in [1.29, 1.82) is 0 Å². The Morgan fingerprint density at radius 1 is 0.722 bits per heavy atom. The Balaban J connectivity index is 0.000000221. The van der Waals surface area contributed by atoms with E-state index in [0.29, 0.717) is 0 Å². The molecule has 36 heavy (non-hydrogen) atoms. The first-order valence-corrected chi connectivity index (χ1v) is 13.5. The van der Waals surface area contributed by atoms with Crippen molar-refractivity contribution < 1.29 is 33.5 Å². The van der Waals surface area contributed by atoms with Gasteiger partial charge in [0.1, 0.15) is 29.1 Å². The van der Waals surface area contributed by atoms with Crippen LogP contribution in [-0.2, 0) is 20.1 Å². The van der Waals surface area contributed by atoms with Gasteiger partial charge in [0.15, 0.2) is 0 Å². The number of para-hydroxylation sites is 2. The Morgan fingerprint density at radius 2 is 1.28 bits per heavy atom. The summed E-state index contributed by atoms with van der Waals surface area (Å²) >= 11 is 0. The summed E-state index contributed by atoms with van der Waals surface area (Å²) in [5.41, 5.74) is 1.03. The summed E-state index contributed by atoms with van der Waals surface area (Å²) in [6, 6.07) is 35.9. The van der Waals surface area contributed by atoms with Crippen molar-refractivity contribution in [3.05, 3.63) is 126 Å². The van der Waals surface area contributed by atoms with Gasteiger partial charge < -0.3 is 14.4 Å². The molecule has 1 radical (unpaired) electrons. The number of benzene rings is 4. The first-order valence-electron chi connectivity index (χ1n) is 11.7. The van der Waals surface area contributed by atoms with Crippen LogP contribution in [0, 0.1) is 11.9 Å². The Labute approximate surface area is 230 Å². The third-order valence-corrected chi connectivity index (χ3v) is 7.60. The molecule has 0 aliphatic carbocycles. The van der Waals surface area contributed by atoms with E-state index in [1.807, 2.05) is 72.8 Å². The average molecular weight is 696 g/mol. The molecule has 3 nitrogen and oxygen atoms in total. The Kier molecular flexibility index (Phi) is 12.5. The fourth-order valence-electron chi connectivity index (χ4n) is 3.53. The summed E-state index contributed by atoms with van der Waals surface area (Å²) in [6.07, 6.45) is 3.50. The van der Waals surface area contributed by atoms with E-state index < -0.39 is 0 Å². The smallest absolute Gasteiger partial charge is 0.123 e. The standard InChI is InChI=1S/C18H16O2P2.C11H12FN.Ir/c1-3-9-15(10-4-1)19-21-17-13-7-8-14-18(17)22-20-16-11-5-2-6-12-16;12-10-6-4-9(5-7-10)11-3-1-2-8-13-11;/h1-14,21-22H;4,6-7,11H,1-3,8H2;/q;-2;. The summed E-state index contributed by atoms with van der Waals surface area (Å²) < 4.78 is 24.3. The van der Waals surface area contributed by atoms with Crippen LogP contribution < -0.4 is 19.7 Å². The van der Waals surface area contributed by atoms with E-state index in [9.17, 15) is 4.39 Å². The third-order valence-electron chi connectivity index (χ3n) is 5.36. The van der Waals surface area contributed by atoms with E-state index in [1.165, 1.54) is 35.6 Å². The number of hydrogen-bond acceptors (Lipinski definition) is 2. The van der Waals surface area contributed by atoms with Gasteiger partial charge in [0.2, 0.25) is 0 Å². The average Bonchev–Trinajstić information content (AvgIpc) is 2.94. The minimum Gasteiger partial charge on any atom is -0.657 e. The predicted octanol–water partition coefficient (Wildman–Crippen LogP) is 7.50. The SMILES string of the molecule is Fc1c[c-]c(C2CCCC[N-]2)cc1.[Ir].c1ccc(OPc2ccccc2POc2ccccc2)cc1. The third kappa shape index (κ3) is 9.40. The molecule has 4 aromatic carbocycles. The summed E-state index contributed by atoms with van der Waals surface area (Å²) in [5, 5.41) is 6.84. The van der Waals surface area contributed by atoms with Crippen LogP contribution in [0.2, 0.25) is 0 Å². The maximum absolute atomic E-state index is 12.6. The monoisotopic (exact) mass is 696 g/mol. The number of rotatable bonds is 7. The van der Waals surface area contributed by atoms with Gasteiger partial charge in [0, 0.05) is 36.5 Å². The zero-order valence-corrected chi connectivity index (χ0v) is 24.1. The molecule has 0 saturated carbocycles. The van der Waals surface area contributed by atoms with Gasteiger partial charge in [-0.1, -0.05) is 79.9 Å². The van der Waals surface area contributed by atoms with Gasteiger partial charge in [0.25, 0.3) is 0 Å². The zero-order chi connectivity index (χ0) is 24.1. The molecule has 0 amide bonds. The minimum absolute atomic E-state index is 0. The molecule has 1 aliphatic heterocycles. The maximum Gasteiger partial charge on any atom is 0.123 e.